The molecule has 76 valence electrons. The van der Waals surface area contributed by atoms with Crippen molar-refractivity contribution in [2.45, 2.75) is 18.9 Å². The third-order valence-corrected chi connectivity index (χ3v) is 2.66. The Hall–Kier alpha value is -0.930. The van der Waals surface area contributed by atoms with Crippen LogP contribution in [0.4, 0.5) is 0 Å². The van der Waals surface area contributed by atoms with Crippen molar-refractivity contribution in [3.8, 4) is 0 Å². The Labute approximate surface area is 84.5 Å². The van der Waals surface area contributed by atoms with Crippen molar-refractivity contribution < 1.29 is 4.74 Å². The lowest BCUT2D eigenvalue weighted by Gasteiger charge is -2.12. The minimum absolute atomic E-state index is 0.432. The van der Waals surface area contributed by atoms with Crippen LogP contribution in [-0.2, 0) is 11.2 Å². The summed E-state index contributed by atoms with van der Waals surface area (Å²) in [6.45, 7) is 1.66. The molecular formula is C11H16N2O. The van der Waals surface area contributed by atoms with Crippen LogP contribution in [0.2, 0.25) is 0 Å². The van der Waals surface area contributed by atoms with Crippen LogP contribution in [0.3, 0.4) is 0 Å². The van der Waals surface area contributed by atoms with Gasteiger partial charge in [0.05, 0.1) is 18.3 Å². The zero-order chi connectivity index (χ0) is 9.80. The van der Waals surface area contributed by atoms with Gasteiger partial charge >= 0.3 is 0 Å². The summed E-state index contributed by atoms with van der Waals surface area (Å²) < 4.78 is 5.01. The zero-order valence-corrected chi connectivity index (χ0v) is 8.49. The van der Waals surface area contributed by atoms with Crippen LogP contribution in [-0.4, -0.2) is 25.2 Å². The third-order valence-electron chi connectivity index (χ3n) is 2.66. The second-order valence-electron chi connectivity index (χ2n) is 3.59. The highest BCUT2D eigenvalue weighted by Gasteiger charge is 2.22. The number of nitrogens with zero attached hydrogens (tertiary/aromatic N) is 1. The maximum absolute atomic E-state index is 5.01. The first-order valence-electron chi connectivity index (χ1n) is 5.08. The molecule has 3 nitrogen and oxygen atoms in total. The predicted molar refractivity (Wildman–Crippen MR) is 55.2 cm³/mol. The van der Waals surface area contributed by atoms with Gasteiger partial charge in [-0.3, -0.25) is 4.98 Å². The SMILES string of the molecule is COCCNC1CCc2cccnc21. The van der Waals surface area contributed by atoms with Gasteiger partial charge in [-0.15, -0.1) is 0 Å². The highest BCUT2D eigenvalue weighted by molar-refractivity contribution is 5.27. The molecule has 1 unspecified atom stereocenters. The first-order chi connectivity index (χ1) is 6.92. The van der Waals surface area contributed by atoms with Gasteiger partial charge in [0, 0.05) is 19.9 Å². The predicted octanol–water partition coefficient (Wildman–Crippen LogP) is 1.30. The number of aromatic nitrogens is 1. The first kappa shape index (κ1) is 9.62. The van der Waals surface area contributed by atoms with Crippen LogP contribution in [0, 0.1) is 0 Å². The molecule has 1 aliphatic rings. The molecule has 3 heteroatoms. The molecule has 1 heterocycles. The zero-order valence-electron chi connectivity index (χ0n) is 8.49. The van der Waals surface area contributed by atoms with E-state index in [2.05, 4.69) is 16.4 Å². The molecule has 0 radical (unpaired) electrons. The number of hydrogen-bond donors (Lipinski definition) is 1. The van der Waals surface area contributed by atoms with Crippen molar-refractivity contribution in [3.63, 3.8) is 0 Å². The van der Waals surface area contributed by atoms with Crippen LogP contribution >= 0.6 is 0 Å². The van der Waals surface area contributed by atoms with Crippen molar-refractivity contribution in [3.05, 3.63) is 29.6 Å². The van der Waals surface area contributed by atoms with Crippen LogP contribution in [0.25, 0.3) is 0 Å². The van der Waals surface area contributed by atoms with Crippen LogP contribution in [0.1, 0.15) is 23.7 Å². The lowest BCUT2D eigenvalue weighted by atomic mass is 10.2. The first-order valence-corrected chi connectivity index (χ1v) is 5.08. The molecule has 0 saturated carbocycles. The van der Waals surface area contributed by atoms with Crippen LogP contribution in [0.15, 0.2) is 18.3 Å². The molecule has 1 aromatic rings. The summed E-state index contributed by atoms with van der Waals surface area (Å²) in [7, 11) is 1.72. The summed E-state index contributed by atoms with van der Waals surface area (Å²) in [5.74, 6) is 0. The monoisotopic (exact) mass is 192 g/mol. The molecule has 0 fully saturated rings. The van der Waals surface area contributed by atoms with Gasteiger partial charge in [-0.25, -0.2) is 0 Å². The summed E-state index contributed by atoms with van der Waals surface area (Å²) >= 11 is 0. The Bertz CT molecular complexity index is 301. The summed E-state index contributed by atoms with van der Waals surface area (Å²) in [5, 5.41) is 3.45. The molecule has 1 aliphatic carbocycles. The molecule has 0 saturated heterocycles. The fraction of sp³-hybridized carbons (Fsp3) is 0.545. The van der Waals surface area contributed by atoms with Gasteiger partial charge in [-0.1, -0.05) is 6.07 Å². The smallest absolute Gasteiger partial charge is 0.0605 e. The van der Waals surface area contributed by atoms with Gasteiger partial charge in [-0.2, -0.15) is 0 Å². The van der Waals surface area contributed by atoms with E-state index in [1.165, 1.54) is 11.3 Å². The molecule has 0 bridgehead atoms. The molecule has 1 aromatic heterocycles. The van der Waals surface area contributed by atoms with Crippen molar-refractivity contribution in [2.24, 2.45) is 0 Å². The van der Waals surface area contributed by atoms with E-state index in [0.717, 1.165) is 26.0 Å². The molecule has 0 spiro atoms. The van der Waals surface area contributed by atoms with Crippen molar-refractivity contribution in [2.75, 3.05) is 20.3 Å². The van der Waals surface area contributed by atoms with Crippen molar-refractivity contribution in [1.29, 1.82) is 0 Å². The molecule has 0 amide bonds. The number of fused-ring (bicyclic) bond motifs is 1. The highest BCUT2D eigenvalue weighted by atomic mass is 16.5. The number of pyridine rings is 1. The Kier molecular flexibility index (Phi) is 3.11. The van der Waals surface area contributed by atoms with E-state index < -0.39 is 0 Å². The summed E-state index contributed by atoms with van der Waals surface area (Å²) in [4.78, 5) is 4.42. The average molecular weight is 192 g/mol. The molecule has 14 heavy (non-hydrogen) atoms. The second kappa shape index (κ2) is 4.53. The Morgan fingerprint density at radius 1 is 1.64 bits per heavy atom. The van der Waals surface area contributed by atoms with E-state index in [0.29, 0.717) is 6.04 Å². The minimum Gasteiger partial charge on any atom is -0.383 e. The van der Waals surface area contributed by atoms with Gasteiger partial charge in [0.1, 0.15) is 0 Å². The van der Waals surface area contributed by atoms with E-state index in [1.54, 1.807) is 7.11 Å². The lowest BCUT2D eigenvalue weighted by Crippen LogP contribution is -2.23. The van der Waals surface area contributed by atoms with Crippen LogP contribution in [0.5, 0.6) is 0 Å². The Morgan fingerprint density at radius 2 is 2.57 bits per heavy atom. The molecular weight excluding hydrogens is 176 g/mol. The van der Waals surface area contributed by atoms with Crippen molar-refractivity contribution >= 4 is 0 Å². The lowest BCUT2D eigenvalue weighted by molar-refractivity contribution is 0.195. The molecule has 1 N–H and O–H groups in total. The quantitative estimate of drug-likeness (QED) is 0.730. The highest BCUT2D eigenvalue weighted by Crippen LogP contribution is 2.28. The average Bonchev–Trinajstić information content (AvgIpc) is 2.63. The van der Waals surface area contributed by atoms with Gasteiger partial charge in [-0.05, 0) is 24.5 Å². The maximum Gasteiger partial charge on any atom is 0.0605 e. The summed E-state index contributed by atoms with van der Waals surface area (Å²) in [6, 6.07) is 4.61. The maximum atomic E-state index is 5.01. The van der Waals surface area contributed by atoms with E-state index in [4.69, 9.17) is 4.74 Å². The van der Waals surface area contributed by atoms with Gasteiger partial charge in [0.25, 0.3) is 0 Å². The minimum atomic E-state index is 0.432. The largest absolute Gasteiger partial charge is 0.383 e. The molecule has 2 rings (SSSR count). The number of rotatable bonds is 4. The van der Waals surface area contributed by atoms with E-state index in [1.807, 2.05) is 12.3 Å². The van der Waals surface area contributed by atoms with Gasteiger partial charge in [0.15, 0.2) is 0 Å². The topological polar surface area (TPSA) is 34.1 Å². The third kappa shape index (κ3) is 1.94. The van der Waals surface area contributed by atoms with Gasteiger partial charge < -0.3 is 10.1 Å². The van der Waals surface area contributed by atoms with Crippen molar-refractivity contribution in [1.82, 2.24) is 10.3 Å². The molecule has 0 aliphatic heterocycles. The molecule has 0 aromatic carbocycles. The normalized spacial score (nSPS) is 19.6. The van der Waals surface area contributed by atoms with E-state index in [-0.39, 0.29) is 0 Å². The standard InChI is InChI=1S/C11H16N2O/c1-14-8-7-12-10-5-4-9-3-2-6-13-11(9)10/h2-3,6,10,12H,4-5,7-8H2,1H3. The number of hydrogen-bond acceptors (Lipinski definition) is 3. The van der Waals surface area contributed by atoms with E-state index >= 15 is 0 Å². The fourth-order valence-electron chi connectivity index (χ4n) is 1.95. The van der Waals surface area contributed by atoms with Crippen LogP contribution < -0.4 is 5.32 Å². The molecule has 1 atom stereocenters. The number of ether oxygens (including phenoxy) is 1. The Morgan fingerprint density at radius 3 is 3.43 bits per heavy atom. The van der Waals surface area contributed by atoms with E-state index in [9.17, 15) is 0 Å². The summed E-state index contributed by atoms with van der Waals surface area (Å²) in [5.41, 5.74) is 2.62. The number of nitrogens with one attached hydrogen (secondary N) is 1. The van der Waals surface area contributed by atoms with Gasteiger partial charge in [0.2, 0.25) is 0 Å². The number of aryl methyl sites for hydroxylation is 1. The second-order valence-corrected chi connectivity index (χ2v) is 3.59. The fourth-order valence-corrected chi connectivity index (χ4v) is 1.95. The number of methoxy groups -OCH3 is 1. The Balaban J connectivity index is 1.96. The summed E-state index contributed by atoms with van der Waals surface area (Å²) in [6.07, 6.45) is 4.18.